The summed E-state index contributed by atoms with van der Waals surface area (Å²) in [5.41, 5.74) is 2.58. The highest BCUT2D eigenvalue weighted by Crippen LogP contribution is 2.05. The van der Waals surface area contributed by atoms with E-state index in [9.17, 15) is 0 Å². The molecule has 2 rings (SSSR count). The van der Waals surface area contributed by atoms with Crippen LogP contribution >= 0.6 is 0 Å². The maximum Gasteiger partial charge on any atom is 0.191 e. The summed E-state index contributed by atoms with van der Waals surface area (Å²) in [6, 6.07) is 10.3. The summed E-state index contributed by atoms with van der Waals surface area (Å²) in [5, 5.41) is 10.8. The molecule has 112 valence electrons. The van der Waals surface area contributed by atoms with Crippen molar-refractivity contribution in [2.24, 2.45) is 4.99 Å². The monoisotopic (exact) mass is 285 g/mol. The molecule has 0 saturated carbocycles. The van der Waals surface area contributed by atoms with Crippen LogP contribution in [-0.2, 0) is 13.1 Å². The highest BCUT2D eigenvalue weighted by atomic mass is 15.3. The van der Waals surface area contributed by atoms with Crippen molar-refractivity contribution >= 4 is 5.96 Å². The Labute approximate surface area is 126 Å². The Morgan fingerprint density at radius 3 is 2.81 bits per heavy atom. The van der Waals surface area contributed by atoms with Crippen LogP contribution in [0, 0.1) is 6.92 Å². The molecular weight excluding hydrogens is 262 g/mol. The predicted molar refractivity (Wildman–Crippen MR) is 86.2 cm³/mol. The van der Waals surface area contributed by atoms with Crippen molar-refractivity contribution in [1.82, 2.24) is 20.4 Å². The highest BCUT2D eigenvalue weighted by Gasteiger charge is 2.00. The molecule has 0 saturated heterocycles. The molecule has 1 aromatic heterocycles. The average molecular weight is 285 g/mol. The number of hydrogen-bond donors (Lipinski definition) is 2. The van der Waals surface area contributed by atoms with E-state index in [4.69, 9.17) is 0 Å². The second kappa shape index (κ2) is 8.09. The summed E-state index contributed by atoms with van der Waals surface area (Å²) < 4.78 is 1.94. The molecule has 0 fully saturated rings. The summed E-state index contributed by atoms with van der Waals surface area (Å²) in [7, 11) is 1.79. The molecule has 0 amide bonds. The van der Waals surface area contributed by atoms with Crippen molar-refractivity contribution in [3.05, 3.63) is 53.9 Å². The Hall–Kier alpha value is -2.30. The molecule has 0 bridgehead atoms. The van der Waals surface area contributed by atoms with E-state index in [1.807, 2.05) is 16.9 Å². The van der Waals surface area contributed by atoms with Gasteiger partial charge in [0, 0.05) is 39.1 Å². The van der Waals surface area contributed by atoms with Crippen molar-refractivity contribution in [3.63, 3.8) is 0 Å². The van der Waals surface area contributed by atoms with Crippen molar-refractivity contribution < 1.29 is 0 Å². The topological polar surface area (TPSA) is 54.2 Å². The molecule has 0 aliphatic heterocycles. The molecule has 2 N–H and O–H groups in total. The number of aliphatic imine (C=N–C) groups is 1. The number of nitrogens with one attached hydrogen (secondary N) is 2. The molecule has 0 spiro atoms. The highest BCUT2D eigenvalue weighted by molar-refractivity contribution is 5.79. The first-order valence-electron chi connectivity index (χ1n) is 7.26. The van der Waals surface area contributed by atoms with E-state index in [-0.39, 0.29) is 0 Å². The summed E-state index contributed by atoms with van der Waals surface area (Å²) in [6.45, 7) is 4.69. The fourth-order valence-electron chi connectivity index (χ4n) is 2.09. The van der Waals surface area contributed by atoms with E-state index >= 15 is 0 Å². The summed E-state index contributed by atoms with van der Waals surface area (Å²) in [4.78, 5) is 4.24. The van der Waals surface area contributed by atoms with Gasteiger partial charge in [0.2, 0.25) is 0 Å². The van der Waals surface area contributed by atoms with Crippen LogP contribution in [0.2, 0.25) is 0 Å². The lowest BCUT2D eigenvalue weighted by molar-refractivity contribution is 0.570. The fraction of sp³-hybridized carbons (Fsp3) is 0.375. The van der Waals surface area contributed by atoms with Crippen molar-refractivity contribution in [3.8, 4) is 0 Å². The third kappa shape index (κ3) is 4.95. The van der Waals surface area contributed by atoms with E-state index in [2.05, 4.69) is 51.9 Å². The quantitative estimate of drug-likeness (QED) is 0.484. The largest absolute Gasteiger partial charge is 0.356 e. The zero-order valence-electron chi connectivity index (χ0n) is 12.7. The van der Waals surface area contributed by atoms with Crippen LogP contribution in [-0.4, -0.2) is 29.3 Å². The maximum absolute atomic E-state index is 4.24. The van der Waals surface area contributed by atoms with E-state index in [0.29, 0.717) is 0 Å². The number of aryl methyl sites for hydroxylation is 2. The molecule has 5 nitrogen and oxygen atoms in total. The van der Waals surface area contributed by atoms with Gasteiger partial charge in [-0.05, 0) is 30.5 Å². The van der Waals surface area contributed by atoms with Crippen molar-refractivity contribution in [1.29, 1.82) is 0 Å². The smallest absolute Gasteiger partial charge is 0.191 e. The molecule has 2 aromatic rings. The van der Waals surface area contributed by atoms with Gasteiger partial charge in [-0.1, -0.05) is 24.3 Å². The first kappa shape index (κ1) is 15.1. The number of benzene rings is 1. The molecule has 0 aliphatic carbocycles. The normalized spacial score (nSPS) is 11.4. The number of hydrogen-bond acceptors (Lipinski definition) is 2. The Balaban J connectivity index is 1.70. The van der Waals surface area contributed by atoms with E-state index in [1.54, 1.807) is 13.2 Å². The number of nitrogens with zero attached hydrogens (tertiary/aromatic N) is 3. The third-order valence-corrected chi connectivity index (χ3v) is 3.35. The van der Waals surface area contributed by atoms with E-state index < -0.39 is 0 Å². The van der Waals surface area contributed by atoms with Crippen LogP contribution in [0.25, 0.3) is 0 Å². The Kier molecular flexibility index (Phi) is 5.82. The lowest BCUT2D eigenvalue weighted by atomic mass is 10.1. The second-order valence-corrected chi connectivity index (χ2v) is 4.90. The molecule has 0 radical (unpaired) electrons. The van der Waals surface area contributed by atoms with Gasteiger partial charge in [-0.2, -0.15) is 5.10 Å². The lowest BCUT2D eigenvalue weighted by Crippen LogP contribution is -2.37. The van der Waals surface area contributed by atoms with Gasteiger partial charge in [0.25, 0.3) is 0 Å². The second-order valence-electron chi connectivity index (χ2n) is 4.90. The molecule has 1 heterocycles. The molecule has 21 heavy (non-hydrogen) atoms. The average Bonchev–Trinajstić information content (AvgIpc) is 3.01. The fourth-order valence-corrected chi connectivity index (χ4v) is 2.09. The molecule has 0 atom stereocenters. The van der Waals surface area contributed by atoms with Crippen molar-refractivity contribution in [2.75, 3.05) is 13.6 Å². The molecular formula is C16H23N5. The van der Waals surface area contributed by atoms with Crippen LogP contribution < -0.4 is 10.6 Å². The Morgan fingerprint density at radius 1 is 1.24 bits per heavy atom. The number of rotatable bonds is 6. The molecule has 0 aliphatic rings. The number of guanidine groups is 1. The zero-order chi connectivity index (χ0) is 14.9. The lowest BCUT2D eigenvalue weighted by Gasteiger charge is -2.13. The Bertz CT molecular complexity index is 560. The molecule has 1 aromatic carbocycles. The van der Waals surface area contributed by atoms with Crippen LogP contribution in [0.4, 0.5) is 0 Å². The van der Waals surface area contributed by atoms with Gasteiger partial charge in [0.15, 0.2) is 5.96 Å². The summed E-state index contributed by atoms with van der Waals surface area (Å²) in [6.07, 6.45) is 4.79. The minimum Gasteiger partial charge on any atom is -0.356 e. The predicted octanol–water partition coefficient (Wildman–Crippen LogP) is 1.95. The van der Waals surface area contributed by atoms with E-state index in [0.717, 1.165) is 32.0 Å². The van der Waals surface area contributed by atoms with Crippen molar-refractivity contribution in [2.45, 2.75) is 26.4 Å². The van der Waals surface area contributed by atoms with Gasteiger partial charge < -0.3 is 10.6 Å². The standard InChI is InChI=1S/C16H23N5/c1-14-7-3-4-8-15(14)13-19-16(17-2)18-9-5-11-21-12-6-10-20-21/h3-4,6-8,10,12H,5,9,11,13H2,1-2H3,(H2,17,18,19). The van der Waals surface area contributed by atoms with Crippen LogP contribution in [0.3, 0.4) is 0 Å². The minimum absolute atomic E-state index is 0.783. The molecule has 5 heteroatoms. The van der Waals surface area contributed by atoms with Gasteiger partial charge in [0.1, 0.15) is 0 Å². The maximum atomic E-state index is 4.24. The zero-order valence-corrected chi connectivity index (χ0v) is 12.7. The van der Waals surface area contributed by atoms with Gasteiger partial charge in [-0.3, -0.25) is 9.67 Å². The minimum atomic E-state index is 0.783. The molecule has 0 unspecified atom stereocenters. The van der Waals surface area contributed by atoms with E-state index in [1.165, 1.54) is 11.1 Å². The van der Waals surface area contributed by atoms with Gasteiger partial charge >= 0.3 is 0 Å². The number of aromatic nitrogens is 2. The Morgan fingerprint density at radius 2 is 2.10 bits per heavy atom. The summed E-state index contributed by atoms with van der Waals surface area (Å²) >= 11 is 0. The van der Waals surface area contributed by atoms with Gasteiger partial charge in [-0.25, -0.2) is 0 Å². The van der Waals surface area contributed by atoms with Gasteiger partial charge in [0.05, 0.1) is 0 Å². The SMILES string of the molecule is CN=C(NCCCn1cccn1)NCc1ccccc1C. The third-order valence-electron chi connectivity index (χ3n) is 3.35. The van der Waals surface area contributed by atoms with Crippen LogP contribution in [0.1, 0.15) is 17.5 Å². The van der Waals surface area contributed by atoms with Gasteiger partial charge in [-0.15, -0.1) is 0 Å². The van der Waals surface area contributed by atoms with Crippen LogP contribution in [0.5, 0.6) is 0 Å². The first-order valence-corrected chi connectivity index (χ1v) is 7.26. The first-order chi connectivity index (χ1) is 10.3. The summed E-state index contributed by atoms with van der Waals surface area (Å²) in [5.74, 6) is 0.832. The van der Waals surface area contributed by atoms with Crippen LogP contribution in [0.15, 0.2) is 47.7 Å².